The molecule has 0 spiro atoms. The van der Waals surface area contributed by atoms with Crippen LogP contribution in [0.15, 0.2) is 24.3 Å². The van der Waals surface area contributed by atoms with Gasteiger partial charge in [0.15, 0.2) is 5.78 Å². The van der Waals surface area contributed by atoms with Crippen LogP contribution in [0.4, 0.5) is 10.5 Å². The van der Waals surface area contributed by atoms with Crippen LogP contribution in [0.1, 0.15) is 49.4 Å². The van der Waals surface area contributed by atoms with Gasteiger partial charge in [-0.1, -0.05) is 31.4 Å². The smallest absolute Gasteiger partial charge is 0.319 e. The first kappa shape index (κ1) is 15.5. The lowest BCUT2D eigenvalue weighted by Gasteiger charge is -2.22. The summed E-state index contributed by atoms with van der Waals surface area (Å²) < 4.78 is 0. The maximum atomic E-state index is 12.0. The van der Waals surface area contributed by atoms with Gasteiger partial charge < -0.3 is 15.7 Å². The zero-order valence-electron chi connectivity index (χ0n) is 12.3. The molecule has 1 saturated carbocycles. The Kier molecular flexibility index (Phi) is 5.33. The Morgan fingerprint density at radius 3 is 2.71 bits per heavy atom. The van der Waals surface area contributed by atoms with Gasteiger partial charge in [-0.3, -0.25) is 4.79 Å². The predicted octanol–water partition coefficient (Wildman–Crippen LogP) is 2.70. The quantitative estimate of drug-likeness (QED) is 0.591. The maximum Gasteiger partial charge on any atom is 0.319 e. The Morgan fingerprint density at radius 2 is 1.95 bits per heavy atom. The standard InChI is InChI=1S/C16H22N2O3/c1-11(19)12-6-5-7-13(10-12)17-16(21)18-14-8-3-2-4-9-15(14)20/h5-7,10,14-15,20H,2-4,8-9H2,1H3,(H2,17,18,21). The lowest BCUT2D eigenvalue weighted by molar-refractivity contribution is 0.101. The highest BCUT2D eigenvalue weighted by Gasteiger charge is 2.23. The summed E-state index contributed by atoms with van der Waals surface area (Å²) in [6, 6.07) is 6.26. The number of carbonyl (C=O) groups excluding carboxylic acids is 2. The largest absolute Gasteiger partial charge is 0.391 e. The van der Waals surface area contributed by atoms with Gasteiger partial charge in [0.25, 0.3) is 0 Å². The van der Waals surface area contributed by atoms with Gasteiger partial charge in [0.2, 0.25) is 0 Å². The minimum atomic E-state index is -0.484. The van der Waals surface area contributed by atoms with E-state index >= 15 is 0 Å². The monoisotopic (exact) mass is 290 g/mol. The first-order valence-corrected chi connectivity index (χ1v) is 7.43. The molecule has 2 amide bonds. The second kappa shape index (κ2) is 7.22. The molecule has 1 aromatic rings. The number of nitrogens with one attached hydrogen (secondary N) is 2. The van der Waals surface area contributed by atoms with Crippen LogP contribution in [0.25, 0.3) is 0 Å². The topological polar surface area (TPSA) is 78.4 Å². The van der Waals surface area contributed by atoms with Crippen LogP contribution < -0.4 is 10.6 Å². The number of hydrogen-bond acceptors (Lipinski definition) is 3. The Morgan fingerprint density at radius 1 is 1.19 bits per heavy atom. The molecule has 5 heteroatoms. The number of rotatable bonds is 3. The van der Waals surface area contributed by atoms with Crippen molar-refractivity contribution in [3.63, 3.8) is 0 Å². The Bertz CT molecular complexity index is 516. The van der Waals surface area contributed by atoms with E-state index in [0.717, 1.165) is 32.1 Å². The van der Waals surface area contributed by atoms with Gasteiger partial charge in [-0.15, -0.1) is 0 Å². The SMILES string of the molecule is CC(=O)c1cccc(NC(=O)NC2CCCCCC2O)c1. The van der Waals surface area contributed by atoms with Crippen molar-refractivity contribution >= 4 is 17.5 Å². The number of ketones is 1. The number of aliphatic hydroxyl groups is 1. The molecule has 5 nitrogen and oxygen atoms in total. The van der Waals surface area contributed by atoms with Crippen LogP contribution in [0.3, 0.4) is 0 Å². The van der Waals surface area contributed by atoms with E-state index in [-0.39, 0.29) is 17.9 Å². The molecule has 0 radical (unpaired) electrons. The summed E-state index contributed by atoms with van der Waals surface area (Å²) in [6.07, 6.45) is 4.15. The number of hydrogen-bond donors (Lipinski definition) is 3. The molecule has 2 unspecified atom stereocenters. The first-order valence-electron chi connectivity index (χ1n) is 7.43. The number of anilines is 1. The van der Waals surface area contributed by atoms with Crippen LogP contribution >= 0.6 is 0 Å². The third-order valence-corrected chi connectivity index (χ3v) is 3.82. The van der Waals surface area contributed by atoms with Gasteiger partial charge in [-0.05, 0) is 31.9 Å². The van der Waals surface area contributed by atoms with E-state index in [1.165, 1.54) is 6.92 Å². The second-order valence-electron chi connectivity index (χ2n) is 5.55. The molecule has 114 valence electrons. The lowest BCUT2D eigenvalue weighted by Crippen LogP contribution is -2.44. The van der Waals surface area contributed by atoms with E-state index in [1.807, 2.05) is 0 Å². The molecule has 0 bridgehead atoms. The average molecular weight is 290 g/mol. The molecule has 1 fully saturated rings. The van der Waals surface area contributed by atoms with Gasteiger partial charge in [0, 0.05) is 11.3 Å². The summed E-state index contributed by atoms with van der Waals surface area (Å²) in [6.45, 7) is 1.49. The molecule has 1 aliphatic carbocycles. The van der Waals surface area contributed by atoms with Gasteiger partial charge in [-0.25, -0.2) is 4.79 Å². The molecule has 3 N–H and O–H groups in total. The molecule has 2 rings (SSSR count). The van der Waals surface area contributed by atoms with Crippen molar-refractivity contribution in [1.82, 2.24) is 5.32 Å². The van der Waals surface area contributed by atoms with Crippen molar-refractivity contribution in [1.29, 1.82) is 0 Å². The second-order valence-corrected chi connectivity index (χ2v) is 5.55. The van der Waals surface area contributed by atoms with E-state index < -0.39 is 6.10 Å². The van der Waals surface area contributed by atoms with E-state index in [0.29, 0.717) is 11.3 Å². The minimum absolute atomic E-state index is 0.0433. The highest BCUT2D eigenvalue weighted by molar-refractivity contribution is 5.96. The fourth-order valence-electron chi connectivity index (χ4n) is 2.61. The molecule has 2 atom stereocenters. The number of Topliss-reactive ketones (excluding diaryl/α,β-unsaturated/α-hetero) is 1. The van der Waals surface area contributed by atoms with Crippen molar-refractivity contribution in [3.05, 3.63) is 29.8 Å². The number of urea groups is 1. The molecular weight excluding hydrogens is 268 g/mol. The number of benzene rings is 1. The van der Waals surface area contributed by atoms with Crippen LogP contribution in [0.2, 0.25) is 0 Å². The molecule has 21 heavy (non-hydrogen) atoms. The van der Waals surface area contributed by atoms with Gasteiger partial charge in [0.1, 0.15) is 0 Å². The molecule has 0 heterocycles. The van der Waals surface area contributed by atoms with Crippen molar-refractivity contribution in [3.8, 4) is 0 Å². The molecule has 1 aromatic carbocycles. The number of amides is 2. The summed E-state index contributed by atoms with van der Waals surface area (Å²) in [5.74, 6) is -0.0433. The Labute approximate surface area is 124 Å². The summed E-state index contributed by atoms with van der Waals surface area (Å²) in [7, 11) is 0. The molecule has 0 saturated heterocycles. The zero-order valence-corrected chi connectivity index (χ0v) is 12.3. The zero-order chi connectivity index (χ0) is 15.2. The Balaban J connectivity index is 1.94. The molecule has 1 aliphatic rings. The van der Waals surface area contributed by atoms with E-state index in [4.69, 9.17) is 0 Å². The van der Waals surface area contributed by atoms with E-state index in [2.05, 4.69) is 10.6 Å². The maximum absolute atomic E-state index is 12.0. The van der Waals surface area contributed by atoms with E-state index in [9.17, 15) is 14.7 Å². The summed E-state index contributed by atoms with van der Waals surface area (Å²) in [4.78, 5) is 23.3. The fraction of sp³-hybridized carbons (Fsp3) is 0.500. The fourth-order valence-corrected chi connectivity index (χ4v) is 2.61. The predicted molar refractivity (Wildman–Crippen MR) is 81.5 cm³/mol. The van der Waals surface area contributed by atoms with Crippen molar-refractivity contribution in [2.75, 3.05) is 5.32 Å². The molecule has 0 aliphatic heterocycles. The number of aliphatic hydroxyl groups excluding tert-OH is 1. The van der Waals surface area contributed by atoms with Gasteiger partial charge >= 0.3 is 6.03 Å². The van der Waals surface area contributed by atoms with Gasteiger partial charge in [-0.2, -0.15) is 0 Å². The van der Waals surface area contributed by atoms with Crippen molar-refractivity contribution in [2.45, 2.75) is 51.2 Å². The highest BCUT2D eigenvalue weighted by Crippen LogP contribution is 2.18. The van der Waals surface area contributed by atoms with Crippen LogP contribution in [0.5, 0.6) is 0 Å². The summed E-state index contributed by atoms with van der Waals surface area (Å²) in [5.41, 5.74) is 1.13. The minimum Gasteiger partial charge on any atom is -0.391 e. The summed E-state index contributed by atoms with van der Waals surface area (Å²) >= 11 is 0. The van der Waals surface area contributed by atoms with Crippen LogP contribution in [-0.2, 0) is 0 Å². The normalized spacial score (nSPS) is 22.2. The highest BCUT2D eigenvalue weighted by atomic mass is 16.3. The third kappa shape index (κ3) is 4.56. The number of carbonyl (C=O) groups is 2. The van der Waals surface area contributed by atoms with Gasteiger partial charge in [0.05, 0.1) is 12.1 Å². The Hall–Kier alpha value is -1.88. The molecule has 0 aromatic heterocycles. The molecular formula is C16H22N2O3. The van der Waals surface area contributed by atoms with Crippen molar-refractivity contribution in [2.24, 2.45) is 0 Å². The van der Waals surface area contributed by atoms with Crippen LogP contribution in [-0.4, -0.2) is 29.1 Å². The third-order valence-electron chi connectivity index (χ3n) is 3.82. The average Bonchev–Trinajstić information content (AvgIpc) is 2.64. The summed E-state index contributed by atoms with van der Waals surface area (Å²) in [5, 5.41) is 15.5. The van der Waals surface area contributed by atoms with Crippen LogP contribution in [0, 0.1) is 0 Å². The van der Waals surface area contributed by atoms with E-state index in [1.54, 1.807) is 24.3 Å². The lowest BCUT2D eigenvalue weighted by atomic mass is 10.1. The van der Waals surface area contributed by atoms with Crippen molar-refractivity contribution < 1.29 is 14.7 Å². The first-order chi connectivity index (χ1) is 10.1.